The number of aromatic nitrogens is 3. The molecule has 1 amide bonds. The zero-order valence-electron chi connectivity index (χ0n) is 10.1. The number of aryl methyl sites for hydroxylation is 2. The van der Waals surface area contributed by atoms with E-state index < -0.39 is 0 Å². The van der Waals surface area contributed by atoms with Crippen LogP contribution in [0.5, 0.6) is 0 Å². The second-order valence-corrected chi connectivity index (χ2v) is 4.75. The fraction of sp³-hybridized carbons (Fsp3) is 0.400. The lowest BCUT2D eigenvalue weighted by molar-refractivity contribution is -0.117. The minimum Gasteiger partial charge on any atom is -0.360 e. The van der Waals surface area contributed by atoms with Gasteiger partial charge in [-0.25, -0.2) is 4.68 Å². The third kappa shape index (κ3) is 2.83. The summed E-state index contributed by atoms with van der Waals surface area (Å²) in [5.74, 6) is 0.714. The zero-order chi connectivity index (χ0) is 13.1. The highest BCUT2D eigenvalue weighted by Gasteiger charge is 2.09. The lowest BCUT2D eigenvalue weighted by Gasteiger charge is -2.00. The van der Waals surface area contributed by atoms with E-state index in [2.05, 4.69) is 15.6 Å². The molecule has 0 radical (unpaired) electrons. The quantitative estimate of drug-likeness (QED) is 0.860. The van der Waals surface area contributed by atoms with Crippen LogP contribution < -0.4 is 10.1 Å². The summed E-state index contributed by atoms with van der Waals surface area (Å²) in [6.45, 7) is 3.70. The molecule has 0 saturated heterocycles. The molecule has 18 heavy (non-hydrogen) atoms. The van der Waals surface area contributed by atoms with Crippen LogP contribution in [0.25, 0.3) is 0 Å². The molecule has 2 aromatic heterocycles. The van der Waals surface area contributed by atoms with Crippen LogP contribution in [0.1, 0.15) is 17.7 Å². The van der Waals surface area contributed by atoms with Gasteiger partial charge in [-0.3, -0.25) is 10.2 Å². The minimum atomic E-state index is -0.283. The highest BCUT2D eigenvalue weighted by Crippen LogP contribution is 2.07. The highest BCUT2D eigenvalue weighted by molar-refractivity contribution is 7.08. The molecular formula is C10H13N5O2S. The lowest BCUT2D eigenvalue weighted by Crippen LogP contribution is -2.25. The summed E-state index contributed by atoms with van der Waals surface area (Å²) in [5, 5.41) is 18.9. The van der Waals surface area contributed by atoms with Crippen LogP contribution in [0.4, 0.5) is 5.82 Å². The van der Waals surface area contributed by atoms with E-state index >= 15 is 0 Å². The van der Waals surface area contributed by atoms with Crippen molar-refractivity contribution in [3.05, 3.63) is 21.6 Å². The van der Waals surface area contributed by atoms with E-state index in [1.807, 2.05) is 6.92 Å². The molecule has 0 aromatic carbocycles. The third-order valence-electron chi connectivity index (χ3n) is 2.17. The van der Waals surface area contributed by atoms with Gasteiger partial charge >= 0.3 is 0 Å². The lowest BCUT2D eigenvalue weighted by atomic mass is 10.5. The van der Waals surface area contributed by atoms with E-state index in [1.165, 1.54) is 16.0 Å². The average molecular weight is 267 g/mol. The van der Waals surface area contributed by atoms with E-state index in [0.29, 0.717) is 11.6 Å². The minimum absolute atomic E-state index is 0.00123. The van der Waals surface area contributed by atoms with Crippen molar-refractivity contribution < 1.29 is 9.32 Å². The average Bonchev–Trinajstić information content (AvgIpc) is 2.86. The van der Waals surface area contributed by atoms with Crippen LogP contribution in [0.15, 0.2) is 10.6 Å². The molecule has 0 fully saturated rings. The number of rotatable bonds is 4. The van der Waals surface area contributed by atoms with Gasteiger partial charge < -0.3 is 9.84 Å². The van der Waals surface area contributed by atoms with E-state index in [-0.39, 0.29) is 17.3 Å². The van der Waals surface area contributed by atoms with Gasteiger partial charge in [-0.1, -0.05) is 23.4 Å². The van der Waals surface area contributed by atoms with Gasteiger partial charge in [-0.2, -0.15) is 5.10 Å². The molecule has 0 aliphatic carbocycles. The van der Waals surface area contributed by atoms with Crippen molar-refractivity contribution in [3.63, 3.8) is 0 Å². The molecule has 2 N–H and O–H groups in total. The van der Waals surface area contributed by atoms with Gasteiger partial charge in [0.2, 0.25) is 10.7 Å². The maximum Gasteiger partial charge on any atom is 0.247 e. The Bertz CT molecular complexity index is 612. The van der Waals surface area contributed by atoms with Crippen molar-refractivity contribution in [1.82, 2.24) is 14.9 Å². The first-order valence-corrected chi connectivity index (χ1v) is 6.24. The van der Waals surface area contributed by atoms with Crippen molar-refractivity contribution in [3.8, 4) is 0 Å². The van der Waals surface area contributed by atoms with Crippen molar-refractivity contribution in [1.29, 1.82) is 5.41 Å². The number of nitrogens with one attached hydrogen (secondary N) is 2. The largest absolute Gasteiger partial charge is 0.360 e. The van der Waals surface area contributed by atoms with Crippen molar-refractivity contribution in [2.24, 2.45) is 0 Å². The Morgan fingerprint density at radius 1 is 1.67 bits per heavy atom. The molecule has 96 valence electrons. The topological polar surface area (TPSA) is 96.8 Å². The molecular weight excluding hydrogens is 254 g/mol. The number of carbonyl (C=O) groups is 1. The normalized spacial score (nSPS) is 10.6. The SMILES string of the molecule is CCc1nn(CC(=O)Nc2cc(C)on2)c(=N)s1. The number of nitrogens with zero attached hydrogens (tertiary/aromatic N) is 3. The molecule has 7 nitrogen and oxygen atoms in total. The molecule has 0 aliphatic heterocycles. The van der Waals surface area contributed by atoms with Gasteiger partial charge in [-0.15, -0.1) is 0 Å². The molecule has 2 rings (SSSR count). The first kappa shape index (κ1) is 12.5. The van der Waals surface area contributed by atoms with Crippen molar-refractivity contribution in [2.45, 2.75) is 26.8 Å². The summed E-state index contributed by atoms with van der Waals surface area (Å²) in [6.07, 6.45) is 0.758. The van der Waals surface area contributed by atoms with E-state index in [4.69, 9.17) is 9.93 Å². The van der Waals surface area contributed by atoms with Crippen LogP contribution in [-0.2, 0) is 17.8 Å². The van der Waals surface area contributed by atoms with E-state index in [0.717, 1.165) is 11.4 Å². The molecule has 8 heteroatoms. The summed E-state index contributed by atoms with van der Waals surface area (Å²) in [4.78, 5) is 12.0. The number of anilines is 1. The molecule has 2 heterocycles. The Morgan fingerprint density at radius 2 is 2.44 bits per heavy atom. The Morgan fingerprint density at radius 3 is 3.00 bits per heavy atom. The summed E-state index contributed by atoms with van der Waals surface area (Å²) < 4.78 is 6.21. The fourth-order valence-electron chi connectivity index (χ4n) is 1.36. The number of hydrogen-bond acceptors (Lipinski definition) is 6. The predicted molar refractivity (Wildman–Crippen MR) is 65.2 cm³/mol. The first-order chi connectivity index (χ1) is 8.58. The Hall–Kier alpha value is -1.96. The third-order valence-corrected chi connectivity index (χ3v) is 3.18. The van der Waals surface area contributed by atoms with Gasteiger partial charge in [-0.05, 0) is 13.3 Å². The predicted octanol–water partition coefficient (Wildman–Crippen LogP) is 0.922. The summed E-state index contributed by atoms with van der Waals surface area (Å²) in [5.41, 5.74) is 0. The number of carbonyl (C=O) groups excluding carboxylic acids is 1. The fourth-order valence-corrected chi connectivity index (χ4v) is 2.08. The molecule has 2 aromatic rings. The van der Waals surface area contributed by atoms with Crippen LogP contribution in [0.2, 0.25) is 0 Å². The Kier molecular flexibility index (Phi) is 3.56. The standard InChI is InChI=1S/C10H13N5O2S/c1-3-9-13-15(10(11)18-9)5-8(16)12-7-4-6(2)17-14-7/h4,11H,3,5H2,1-2H3,(H,12,14,16). The first-order valence-electron chi connectivity index (χ1n) is 5.43. The van der Waals surface area contributed by atoms with Crippen LogP contribution in [0, 0.1) is 12.3 Å². The molecule has 0 spiro atoms. The summed E-state index contributed by atoms with van der Waals surface area (Å²) in [6, 6.07) is 1.63. The second-order valence-electron chi connectivity index (χ2n) is 3.68. The van der Waals surface area contributed by atoms with E-state index in [9.17, 15) is 4.79 Å². The van der Waals surface area contributed by atoms with Crippen molar-refractivity contribution in [2.75, 3.05) is 5.32 Å². The van der Waals surface area contributed by atoms with Gasteiger partial charge in [0.25, 0.3) is 0 Å². The van der Waals surface area contributed by atoms with Gasteiger partial charge in [0.15, 0.2) is 5.82 Å². The van der Waals surface area contributed by atoms with Crippen molar-refractivity contribution >= 4 is 23.1 Å². The van der Waals surface area contributed by atoms with E-state index in [1.54, 1.807) is 13.0 Å². The maximum atomic E-state index is 11.7. The smallest absolute Gasteiger partial charge is 0.247 e. The highest BCUT2D eigenvalue weighted by atomic mass is 32.1. The molecule has 0 saturated carbocycles. The Labute approximate surface area is 107 Å². The number of hydrogen-bond donors (Lipinski definition) is 2. The second kappa shape index (κ2) is 5.13. The van der Waals surface area contributed by atoms with Crippen LogP contribution in [0.3, 0.4) is 0 Å². The maximum absolute atomic E-state index is 11.7. The van der Waals surface area contributed by atoms with Gasteiger partial charge in [0, 0.05) is 6.07 Å². The van der Waals surface area contributed by atoms with Gasteiger partial charge in [0.1, 0.15) is 17.3 Å². The van der Waals surface area contributed by atoms with Gasteiger partial charge in [0.05, 0.1) is 0 Å². The van der Waals surface area contributed by atoms with Crippen LogP contribution in [-0.4, -0.2) is 20.8 Å². The molecule has 0 unspecified atom stereocenters. The Balaban J connectivity index is 2.02. The summed E-state index contributed by atoms with van der Waals surface area (Å²) >= 11 is 1.27. The zero-order valence-corrected chi connectivity index (χ0v) is 10.9. The van der Waals surface area contributed by atoms with Crippen LogP contribution >= 0.6 is 11.3 Å². The molecule has 0 atom stereocenters. The summed E-state index contributed by atoms with van der Waals surface area (Å²) in [7, 11) is 0. The molecule has 0 bridgehead atoms. The monoisotopic (exact) mass is 267 g/mol. The molecule has 0 aliphatic rings. The number of amides is 1.